The Labute approximate surface area is 134 Å². The molecule has 0 radical (unpaired) electrons. The minimum Gasteiger partial charge on any atom is -0.496 e. The van der Waals surface area contributed by atoms with Gasteiger partial charge >= 0.3 is 0 Å². The monoisotopic (exact) mass is 310 g/mol. The third-order valence-corrected chi connectivity index (χ3v) is 4.34. The van der Waals surface area contributed by atoms with E-state index in [0.29, 0.717) is 0 Å². The molecule has 0 spiro atoms. The van der Waals surface area contributed by atoms with Crippen LogP contribution < -0.4 is 9.54 Å². The summed E-state index contributed by atoms with van der Waals surface area (Å²) in [4.78, 5) is 5.75. The third-order valence-electron chi connectivity index (χ3n) is 3.48. The first-order chi connectivity index (χ1) is 10.8. The number of para-hydroxylation sites is 2. The highest BCUT2D eigenvalue weighted by Gasteiger charge is 2.11. The van der Waals surface area contributed by atoms with E-state index in [0.717, 1.165) is 34.0 Å². The largest absolute Gasteiger partial charge is 0.496 e. The van der Waals surface area contributed by atoms with Crippen LogP contribution in [-0.4, -0.2) is 11.7 Å². The van der Waals surface area contributed by atoms with Crippen LogP contribution in [0.25, 0.3) is 11.3 Å². The predicted molar refractivity (Wildman–Crippen MR) is 91.6 cm³/mol. The van der Waals surface area contributed by atoms with Crippen molar-refractivity contribution in [3.63, 3.8) is 0 Å². The van der Waals surface area contributed by atoms with Crippen LogP contribution in [0, 0.1) is 0 Å². The lowest BCUT2D eigenvalue weighted by molar-refractivity contribution is 0.416. The lowest BCUT2D eigenvalue weighted by Gasteiger charge is -2.10. The Hall–Kier alpha value is -2.33. The number of rotatable bonds is 4. The minimum atomic E-state index is 0.864. The van der Waals surface area contributed by atoms with Crippen molar-refractivity contribution in [3.05, 3.63) is 64.8 Å². The second kappa shape index (κ2) is 6.62. The predicted octanol–water partition coefficient (Wildman–Crippen LogP) is 4.48. The Morgan fingerprint density at radius 3 is 2.50 bits per heavy atom. The molecule has 4 heteroatoms. The molecule has 0 aliphatic heterocycles. The van der Waals surface area contributed by atoms with Crippen molar-refractivity contribution in [2.24, 2.45) is 4.99 Å². The van der Waals surface area contributed by atoms with E-state index < -0.39 is 0 Å². The van der Waals surface area contributed by atoms with E-state index in [1.807, 2.05) is 48.5 Å². The number of hydrogen-bond donors (Lipinski definition) is 0. The summed E-state index contributed by atoms with van der Waals surface area (Å²) >= 11 is 1.65. The lowest BCUT2D eigenvalue weighted by Crippen LogP contribution is -2.14. The van der Waals surface area contributed by atoms with Gasteiger partial charge in [-0.15, -0.1) is 11.3 Å². The molecule has 0 unspecified atom stereocenters. The van der Waals surface area contributed by atoms with Crippen molar-refractivity contribution >= 4 is 17.0 Å². The van der Waals surface area contributed by atoms with Crippen molar-refractivity contribution in [1.29, 1.82) is 0 Å². The Kier molecular flexibility index (Phi) is 4.39. The second-order valence-electron chi connectivity index (χ2n) is 4.80. The molecule has 1 aromatic heterocycles. The van der Waals surface area contributed by atoms with Gasteiger partial charge in [0.2, 0.25) is 0 Å². The molecule has 1 heterocycles. The van der Waals surface area contributed by atoms with Gasteiger partial charge in [-0.25, -0.2) is 4.99 Å². The summed E-state index contributed by atoms with van der Waals surface area (Å²) in [6, 6.07) is 18.1. The Balaban J connectivity index is 2.14. The Morgan fingerprint density at radius 1 is 1.05 bits per heavy atom. The fraction of sp³-hybridized carbons (Fsp3) is 0.167. The summed E-state index contributed by atoms with van der Waals surface area (Å²) < 4.78 is 7.71. The number of methoxy groups -OCH3 is 1. The zero-order valence-corrected chi connectivity index (χ0v) is 13.5. The summed E-state index contributed by atoms with van der Waals surface area (Å²) in [5, 5.41) is 2.14. The molecule has 3 rings (SSSR count). The Bertz CT molecular complexity index is 818. The average molecular weight is 310 g/mol. The van der Waals surface area contributed by atoms with Gasteiger partial charge in [0, 0.05) is 17.5 Å². The maximum absolute atomic E-state index is 5.49. The zero-order chi connectivity index (χ0) is 15.4. The van der Waals surface area contributed by atoms with Crippen LogP contribution in [0.3, 0.4) is 0 Å². The normalized spacial score (nSPS) is 11.6. The molecule has 0 N–H and O–H groups in total. The first-order valence-corrected chi connectivity index (χ1v) is 8.13. The molecule has 2 aromatic carbocycles. The van der Waals surface area contributed by atoms with Gasteiger partial charge < -0.3 is 9.30 Å². The van der Waals surface area contributed by atoms with E-state index in [9.17, 15) is 0 Å². The summed E-state index contributed by atoms with van der Waals surface area (Å²) in [6.45, 7) is 3.00. The van der Waals surface area contributed by atoms with Gasteiger partial charge in [0.05, 0.1) is 18.5 Å². The zero-order valence-electron chi connectivity index (χ0n) is 12.7. The van der Waals surface area contributed by atoms with Gasteiger partial charge in [-0.1, -0.05) is 30.3 Å². The number of aromatic nitrogens is 1. The summed E-state index contributed by atoms with van der Waals surface area (Å²) in [6.07, 6.45) is 0. The van der Waals surface area contributed by atoms with Crippen LogP contribution in [0.2, 0.25) is 0 Å². The maximum atomic E-state index is 5.49. The highest BCUT2D eigenvalue weighted by molar-refractivity contribution is 7.07. The summed E-state index contributed by atoms with van der Waals surface area (Å²) in [5.41, 5.74) is 3.20. The van der Waals surface area contributed by atoms with Gasteiger partial charge in [0.15, 0.2) is 4.80 Å². The highest BCUT2D eigenvalue weighted by Crippen LogP contribution is 2.30. The molecule has 0 saturated heterocycles. The maximum Gasteiger partial charge on any atom is 0.190 e. The molecule has 0 atom stereocenters. The van der Waals surface area contributed by atoms with Crippen LogP contribution in [0.1, 0.15) is 6.92 Å². The number of benzene rings is 2. The first-order valence-electron chi connectivity index (χ1n) is 7.25. The number of nitrogens with zero attached hydrogens (tertiary/aromatic N) is 2. The van der Waals surface area contributed by atoms with Crippen molar-refractivity contribution in [2.75, 3.05) is 7.11 Å². The molecule has 0 amide bonds. The van der Waals surface area contributed by atoms with Crippen LogP contribution in [0.15, 0.2) is 65.0 Å². The quantitative estimate of drug-likeness (QED) is 0.698. The average Bonchev–Trinajstić information content (AvgIpc) is 2.98. The van der Waals surface area contributed by atoms with Gasteiger partial charge in [-0.2, -0.15) is 0 Å². The molecule has 3 nitrogen and oxygen atoms in total. The fourth-order valence-electron chi connectivity index (χ4n) is 2.41. The molecule has 0 aliphatic rings. The van der Waals surface area contributed by atoms with Gasteiger partial charge in [-0.05, 0) is 31.2 Å². The van der Waals surface area contributed by atoms with Gasteiger partial charge in [0.1, 0.15) is 5.75 Å². The van der Waals surface area contributed by atoms with E-state index in [2.05, 4.69) is 22.9 Å². The molecule has 3 aromatic rings. The van der Waals surface area contributed by atoms with Crippen molar-refractivity contribution in [2.45, 2.75) is 13.5 Å². The minimum absolute atomic E-state index is 0.864. The standard InChI is InChI=1S/C18H18N2OS/c1-3-20-16(15-11-7-8-12-17(15)21-2)13-22-18(20)19-14-9-5-4-6-10-14/h4-13H,3H2,1-2H3. The molecule has 0 fully saturated rings. The molecule has 0 saturated carbocycles. The molecule has 0 bridgehead atoms. The topological polar surface area (TPSA) is 26.5 Å². The molecular weight excluding hydrogens is 292 g/mol. The van der Waals surface area contributed by atoms with Crippen molar-refractivity contribution < 1.29 is 4.74 Å². The van der Waals surface area contributed by atoms with Gasteiger partial charge in [-0.3, -0.25) is 0 Å². The summed E-state index contributed by atoms with van der Waals surface area (Å²) in [7, 11) is 1.71. The fourth-order valence-corrected chi connectivity index (χ4v) is 3.39. The summed E-state index contributed by atoms with van der Waals surface area (Å²) in [5.74, 6) is 0.883. The van der Waals surface area contributed by atoms with E-state index >= 15 is 0 Å². The lowest BCUT2D eigenvalue weighted by atomic mass is 10.1. The number of ether oxygens (including phenoxy) is 1. The van der Waals surface area contributed by atoms with Crippen LogP contribution in [0.5, 0.6) is 5.75 Å². The highest BCUT2D eigenvalue weighted by atomic mass is 32.1. The third kappa shape index (κ3) is 2.83. The molecule has 0 aliphatic carbocycles. The van der Waals surface area contributed by atoms with E-state index in [-0.39, 0.29) is 0 Å². The SMILES string of the molecule is CCn1c(-c2ccccc2OC)csc1=Nc1ccccc1. The molecule has 112 valence electrons. The second-order valence-corrected chi connectivity index (χ2v) is 5.63. The van der Waals surface area contributed by atoms with Gasteiger partial charge in [0.25, 0.3) is 0 Å². The van der Waals surface area contributed by atoms with E-state index in [4.69, 9.17) is 9.73 Å². The van der Waals surface area contributed by atoms with Crippen LogP contribution in [-0.2, 0) is 6.54 Å². The number of thiazole rings is 1. The first kappa shape index (κ1) is 14.6. The van der Waals surface area contributed by atoms with Crippen molar-refractivity contribution in [1.82, 2.24) is 4.57 Å². The van der Waals surface area contributed by atoms with Crippen molar-refractivity contribution in [3.8, 4) is 17.0 Å². The smallest absolute Gasteiger partial charge is 0.190 e. The van der Waals surface area contributed by atoms with E-state index in [1.165, 1.54) is 0 Å². The van der Waals surface area contributed by atoms with E-state index in [1.54, 1.807) is 18.4 Å². The molecule has 22 heavy (non-hydrogen) atoms. The van der Waals surface area contributed by atoms with Crippen LogP contribution >= 0.6 is 11.3 Å². The number of hydrogen-bond acceptors (Lipinski definition) is 3. The van der Waals surface area contributed by atoms with Crippen LogP contribution in [0.4, 0.5) is 5.69 Å². The molecular formula is C18H18N2OS. The Morgan fingerprint density at radius 2 is 1.77 bits per heavy atom.